The number of aryl methyl sites for hydroxylation is 1. The molecule has 1 saturated heterocycles. The molecule has 1 aromatic heterocycles. The fraction of sp³-hybridized carbons (Fsp3) is 0.545. The second kappa shape index (κ2) is 4.08. The van der Waals surface area contributed by atoms with E-state index in [-0.39, 0.29) is 11.8 Å². The molecule has 0 aliphatic carbocycles. The monoisotopic (exact) mass is 221 g/mol. The standard InChI is InChI=1S/C11H15N3O2/c1-7(11(15)16)9-5-14(6-9)10-3-4-12-8(2)13-10/h3-4,7,9H,5-6H2,1-2H3,(H,15,16). The van der Waals surface area contributed by atoms with Gasteiger partial charge in [-0.1, -0.05) is 6.92 Å². The summed E-state index contributed by atoms with van der Waals surface area (Å²) in [5.74, 6) is 0.865. The summed E-state index contributed by atoms with van der Waals surface area (Å²) >= 11 is 0. The number of nitrogens with zero attached hydrogens (tertiary/aromatic N) is 3. The third kappa shape index (κ3) is 1.98. The molecule has 5 nitrogen and oxygen atoms in total. The van der Waals surface area contributed by atoms with E-state index in [2.05, 4.69) is 14.9 Å². The molecule has 0 amide bonds. The third-order valence-electron chi connectivity index (χ3n) is 3.09. The molecule has 0 bridgehead atoms. The van der Waals surface area contributed by atoms with E-state index in [9.17, 15) is 4.79 Å². The van der Waals surface area contributed by atoms with Crippen LogP contribution in [0.2, 0.25) is 0 Å². The first-order chi connectivity index (χ1) is 7.58. The van der Waals surface area contributed by atoms with Crippen LogP contribution in [0.4, 0.5) is 5.82 Å². The Morgan fingerprint density at radius 2 is 2.31 bits per heavy atom. The molecule has 0 aromatic carbocycles. The number of aliphatic carboxylic acids is 1. The number of rotatable bonds is 3. The Morgan fingerprint density at radius 3 is 2.88 bits per heavy atom. The van der Waals surface area contributed by atoms with E-state index in [1.165, 1.54) is 0 Å². The fourth-order valence-corrected chi connectivity index (χ4v) is 1.84. The van der Waals surface area contributed by atoms with Crippen LogP contribution < -0.4 is 4.90 Å². The first-order valence-corrected chi connectivity index (χ1v) is 5.35. The van der Waals surface area contributed by atoms with Crippen LogP contribution in [0.25, 0.3) is 0 Å². The van der Waals surface area contributed by atoms with Crippen LogP contribution in [0, 0.1) is 18.8 Å². The molecule has 0 radical (unpaired) electrons. The Labute approximate surface area is 94.1 Å². The SMILES string of the molecule is Cc1nccc(N2CC(C(C)C(=O)O)C2)n1. The van der Waals surface area contributed by atoms with Crippen molar-refractivity contribution in [3.8, 4) is 0 Å². The average molecular weight is 221 g/mol. The second-order valence-electron chi connectivity index (χ2n) is 4.25. The van der Waals surface area contributed by atoms with Crippen LogP contribution in [-0.2, 0) is 4.79 Å². The fourth-order valence-electron chi connectivity index (χ4n) is 1.84. The van der Waals surface area contributed by atoms with Gasteiger partial charge in [0.15, 0.2) is 0 Å². The van der Waals surface area contributed by atoms with Gasteiger partial charge >= 0.3 is 5.97 Å². The summed E-state index contributed by atoms with van der Waals surface area (Å²) in [6.45, 7) is 5.14. The van der Waals surface area contributed by atoms with Crippen molar-refractivity contribution in [3.05, 3.63) is 18.1 Å². The maximum atomic E-state index is 10.8. The van der Waals surface area contributed by atoms with E-state index in [0.717, 1.165) is 24.7 Å². The van der Waals surface area contributed by atoms with Crippen LogP contribution >= 0.6 is 0 Å². The molecule has 1 N–H and O–H groups in total. The van der Waals surface area contributed by atoms with Crippen molar-refractivity contribution in [1.29, 1.82) is 0 Å². The molecule has 0 saturated carbocycles. The van der Waals surface area contributed by atoms with Crippen LogP contribution in [0.3, 0.4) is 0 Å². The summed E-state index contributed by atoms with van der Waals surface area (Å²) in [7, 11) is 0. The maximum absolute atomic E-state index is 10.8. The molecule has 86 valence electrons. The average Bonchev–Trinajstić information content (AvgIpc) is 2.15. The van der Waals surface area contributed by atoms with Gasteiger partial charge in [0.25, 0.3) is 0 Å². The number of carboxylic acids is 1. The van der Waals surface area contributed by atoms with E-state index in [1.54, 1.807) is 13.1 Å². The zero-order valence-corrected chi connectivity index (χ0v) is 9.42. The molecule has 5 heteroatoms. The Kier molecular flexibility index (Phi) is 2.77. The smallest absolute Gasteiger partial charge is 0.306 e. The summed E-state index contributed by atoms with van der Waals surface area (Å²) < 4.78 is 0. The molecule has 0 spiro atoms. The van der Waals surface area contributed by atoms with Gasteiger partial charge in [-0.3, -0.25) is 4.79 Å². The lowest BCUT2D eigenvalue weighted by atomic mass is 9.87. The lowest BCUT2D eigenvalue weighted by molar-refractivity contribution is -0.143. The van der Waals surface area contributed by atoms with Gasteiger partial charge in [0, 0.05) is 25.2 Å². The number of carboxylic acid groups (broad SMARTS) is 1. The molecule has 16 heavy (non-hydrogen) atoms. The van der Waals surface area contributed by atoms with Crippen LogP contribution in [0.15, 0.2) is 12.3 Å². The largest absolute Gasteiger partial charge is 0.481 e. The minimum atomic E-state index is -0.719. The highest BCUT2D eigenvalue weighted by molar-refractivity contribution is 5.70. The minimum Gasteiger partial charge on any atom is -0.481 e. The predicted molar refractivity (Wildman–Crippen MR) is 59.3 cm³/mol. The Balaban J connectivity index is 1.96. The van der Waals surface area contributed by atoms with Gasteiger partial charge in [-0.05, 0) is 13.0 Å². The molecular formula is C11H15N3O2. The lowest BCUT2D eigenvalue weighted by Gasteiger charge is -2.42. The second-order valence-corrected chi connectivity index (χ2v) is 4.25. The Bertz CT molecular complexity index is 402. The van der Waals surface area contributed by atoms with Gasteiger partial charge in [-0.15, -0.1) is 0 Å². The summed E-state index contributed by atoms with van der Waals surface area (Å²) in [5, 5.41) is 8.87. The highest BCUT2D eigenvalue weighted by Gasteiger charge is 2.35. The van der Waals surface area contributed by atoms with E-state index >= 15 is 0 Å². The maximum Gasteiger partial charge on any atom is 0.306 e. The van der Waals surface area contributed by atoms with Crippen LogP contribution in [-0.4, -0.2) is 34.1 Å². The summed E-state index contributed by atoms with van der Waals surface area (Å²) in [6.07, 6.45) is 1.73. The zero-order chi connectivity index (χ0) is 11.7. The topological polar surface area (TPSA) is 66.3 Å². The van der Waals surface area contributed by atoms with Crippen LogP contribution in [0.5, 0.6) is 0 Å². The summed E-state index contributed by atoms with van der Waals surface area (Å²) in [4.78, 5) is 21.2. The lowest BCUT2D eigenvalue weighted by Crippen LogP contribution is -2.51. The first kappa shape index (κ1) is 10.9. The van der Waals surface area contributed by atoms with Crippen molar-refractivity contribution in [1.82, 2.24) is 9.97 Å². The molecule has 2 heterocycles. The summed E-state index contributed by atoms with van der Waals surface area (Å²) in [6, 6.07) is 1.86. The molecule has 1 aliphatic rings. The van der Waals surface area contributed by atoms with E-state index in [1.807, 2.05) is 13.0 Å². The molecule has 1 unspecified atom stereocenters. The predicted octanol–water partition coefficient (Wildman–Crippen LogP) is 0.942. The van der Waals surface area contributed by atoms with Crippen molar-refractivity contribution in [2.45, 2.75) is 13.8 Å². The first-order valence-electron chi connectivity index (χ1n) is 5.35. The van der Waals surface area contributed by atoms with Gasteiger partial charge < -0.3 is 10.0 Å². The molecule has 1 aliphatic heterocycles. The van der Waals surface area contributed by atoms with Crippen LogP contribution in [0.1, 0.15) is 12.7 Å². The zero-order valence-electron chi connectivity index (χ0n) is 9.42. The third-order valence-corrected chi connectivity index (χ3v) is 3.09. The van der Waals surface area contributed by atoms with Gasteiger partial charge in [0.05, 0.1) is 5.92 Å². The highest BCUT2D eigenvalue weighted by atomic mass is 16.4. The van der Waals surface area contributed by atoms with E-state index < -0.39 is 5.97 Å². The number of hydrogen-bond acceptors (Lipinski definition) is 4. The van der Waals surface area contributed by atoms with Crippen molar-refractivity contribution >= 4 is 11.8 Å². The van der Waals surface area contributed by atoms with Crippen molar-refractivity contribution in [3.63, 3.8) is 0 Å². The number of hydrogen-bond donors (Lipinski definition) is 1. The van der Waals surface area contributed by atoms with Gasteiger partial charge in [0.1, 0.15) is 11.6 Å². The molecule has 1 atom stereocenters. The van der Waals surface area contributed by atoms with Crippen molar-refractivity contribution in [2.24, 2.45) is 11.8 Å². The van der Waals surface area contributed by atoms with E-state index in [0.29, 0.717) is 0 Å². The molecule has 1 fully saturated rings. The molecular weight excluding hydrogens is 206 g/mol. The minimum absolute atomic E-state index is 0.229. The normalized spacial score (nSPS) is 18.0. The van der Waals surface area contributed by atoms with E-state index in [4.69, 9.17) is 5.11 Å². The summed E-state index contributed by atoms with van der Waals surface area (Å²) in [5.41, 5.74) is 0. The van der Waals surface area contributed by atoms with Gasteiger partial charge in [-0.2, -0.15) is 0 Å². The molecule has 2 rings (SSSR count). The number of carbonyl (C=O) groups is 1. The Morgan fingerprint density at radius 1 is 1.62 bits per heavy atom. The Hall–Kier alpha value is -1.65. The van der Waals surface area contributed by atoms with Gasteiger partial charge in [-0.25, -0.2) is 9.97 Å². The van der Waals surface area contributed by atoms with Crippen molar-refractivity contribution in [2.75, 3.05) is 18.0 Å². The number of aromatic nitrogens is 2. The van der Waals surface area contributed by atoms with Gasteiger partial charge in [0.2, 0.25) is 0 Å². The van der Waals surface area contributed by atoms with Crippen molar-refractivity contribution < 1.29 is 9.90 Å². The molecule has 1 aromatic rings. The quantitative estimate of drug-likeness (QED) is 0.822. The number of anilines is 1. The highest BCUT2D eigenvalue weighted by Crippen LogP contribution is 2.27.